The lowest BCUT2D eigenvalue weighted by Gasteiger charge is -2.37. The first-order chi connectivity index (χ1) is 21.6. The molecule has 1 aliphatic carbocycles. The summed E-state index contributed by atoms with van der Waals surface area (Å²) in [7, 11) is 0. The van der Waals surface area contributed by atoms with Crippen LogP contribution in [0.1, 0.15) is 78.6 Å². The Morgan fingerprint density at radius 3 is 2.69 bits per heavy atom. The second-order valence-corrected chi connectivity index (χ2v) is 12.2. The number of carbonyl (C=O) groups excluding carboxylic acids is 2. The predicted molar refractivity (Wildman–Crippen MR) is 164 cm³/mol. The Morgan fingerprint density at radius 2 is 1.96 bits per heavy atom. The summed E-state index contributed by atoms with van der Waals surface area (Å²) in [4.78, 5) is 45.3. The van der Waals surface area contributed by atoms with E-state index in [4.69, 9.17) is 19.2 Å². The lowest BCUT2D eigenvalue weighted by atomic mass is 9.81. The molecule has 3 aliphatic rings. The Balaban J connectivity index is 1.37. The number of nitrogens with zero attached hydrogens (tertiary/aromatic N) is 2. The molecule has 9 nitrogen and oxygen atoms in total. The van der Waals surface area contributed by atoms with Gasteiger partial charge in [-0.3, -0.25) is 4.79 Å². The smallest absolute Gasteiger partial charge is 0.407 e. The maximum atomic E-state index is 15.2. The molecule has 2 aliphatic heterocycles. The lowest BCUT2D eigenvalue weighted by Crippen LogP contribution is -2.47. The van der Waals surface area contributed by atoms with E-state index in [0.717, 1.165) is 27.6 Å². The average Bonchev–Trinajstić information content (AvgIpc) is 3.39. The van der Waals surface area contributed by atoms with Crippen molar-refractivity contribution in [1.82, 2.24) is 14.9 Å². The number of esters is 1. The molecule has 0 bridgehead atoms. The molecule has 1 amide bonds. The van der Waals surface area contributed by atoms with Gasteiger partial charge < -0.3 is 24.1 Å². The summed E-state index contributed by atoms with van der Waals surface area (Å²) in [5.41, 5.74) is 4.46. The van der Waals surface area contributed by atoms with Crippen molar-refractivity contribution in [2.75, 3.05) is 0 Å². The quantitative estimate of drug-likeness (QED) is 0.239. The highest BCUT2D eigenvalue weighted by Gasteiger charge is 2.49. The zero-order chi connectivity index (χ0) is 31.6. The molecular weight excluding hydrogens is 577 g/mol. The van der Waals surface area contributed by atoms with Gasteiger partial charge in [-0.05, 0) is 68.4 Å². The third-order valence-corrected chi connectivity index (χ3v) is 9.29. The number of rotatable bonds is 6. The van der Waals surface area contributed by atoms with Crippen LogP contribution in [0.3, 0.4) is 0 Å². The normalized spacial score (nSPS) is 19.6. The van der Waals surface area contributed by atoms with Crippen molar-refractivity contribution in [2.24, 2.45) is 0 Å². The number of amides is 1. The number of cyclic esters (lactones) is 1. The van der Waals surface area contributed by atoms with Gasteiger partial charge >= 0.3 is 12.1 Å². The molecule has 2 aromatic carbocycles. The summed E-state index contributed by atoms with van der Waals surface area (Å²) < 4.78 is 34.1. The maximum absolute atomic E-state index is 15.2. The molecule has 232 valence electrons. The first-order valence-corrected chi connectivity index (χ1v) is 15.4. The number of pyridine rings is 2. The fourth-order valence-corrected chi connectivity index (χ4v) is 7.19. The number of hydrogen-bond donors (Lipinski definition) is 1. The van der Waals surface area contributed by atoms with E-state index in [9.17, 15) is 14.4 Å². The van der Waals surface area contributed by atoms with Gasteiger partial charge in [0.15, 0.2) is 5.60 Å². The Labute approximate surface area is 259 Å². The van der Waals surface area contributed by atoms with Crippen LogP contribution in [0.2, 0.25) is 0 Å². The largest absolute Gasteiger partial charge is 0.458 e. The first-order valence-electron chi connectivity index (χ1n) is 15.4. The van der Waals surface area contributed by atoms with Crippen LogP contribution in [0.25, 0.3) is 22.3 Å². The minimum atomic E-state index is -1.44. The van der Waals surface area contributed by atoms with Crippen LogP contribution in [-0.2, 0) is 50.8 Å². The van der Waals surface area contributed by atoms with Crippen molar-refractivity contribution in [2.45, 2.75) is 84.5 Å². The number of fused-ring (bicyclic) bond motifs is 5. The summed E-state index contributed by atoms with van der Waals surface area (Å²) in [5, 5.41) is 3.84. The van der Waals surface area contributed by atoms with Gasteiger partial charge in [-0.1, -0.05) is 37.3 Å². The van der Waals surface area contributed by atoms with Crippen molar-refractivity contribution in [3.63, 3.8) is 0 Å². The van der Waals surface area contributed by atoms with Crippen molar-refractivity contribution in [3.8, 4) is 11.4 Å². The van der Waals surface area contributed by atoms with E-state index in [0.29, 0.717) is 46.4 Å². The fraction of sp³-hybridized carbons (Fsp3) is 0.371. The van der Waals surface area contributed by atoms with Gasteiger partial charge in [-0.25, -0.2) is 19.0 Å². The number of carbonyl (C=O) groups is 2. The second-order valence-electron chi connectivity index (χ2n) is 12.2. The molecule has 0 radical (unpaired) electrons. The summed E-state index contributed by atoms with van der Waals surface area (Å²) in [6.45, 7) is 7.42. The maximum Gasteiger partial charge on any atom is 0.407 e. The third kappa shape index (κ3) is 4.53. The molecule has 0 saturated carbocycles. The molecule has 45 heavy (non-hydrogen) atoms. The standard InChI is InChI=1S/C35H34FN3O6/c1-5-35(45-18(2)3)24-13-28-31-22(15-39(28)32(40)23(24)17-43-33(35)41)30-26(38-34(42)44-16-20-9-7-6-8-10-20)12-11-21-19(4)25(36)14-27(37-31)29(21)30/h6-10,13-14,18,26H,5,11-12,15-17H2,1-4H3,(H,38,42). The number of benzene rings is 2. The SMILES string of the molecule is CCC1(OC(C)C)C(=O)OCc2c1cc1n(c2=O)Cc2c-1nc1cc(F)c(C)c3c1c2C(NC(=O)OCc1ccccc1)CC3. The Morgan fingerprint density at radius 1 is 1.18 bits per heavy atom. The molecule has 0 saturated heterocycles. The van der Waals surface area contributed by atoms with Crippen LogP contribution in [0.15, 0.2) is 47.3 Å². The monoisotopic (exact) mass is 611 g/mol. The molecule has 0 fully saturated rings. The minimum absolute atomic E-state index is 0.120. The van der Waals surface area contributed by atoms with Gasteiger partial charge in [0.1, 0.15) is 19.0 Å². The van der Waals surface area contributed by atoms with Crippen molar-refractivity contribution < 1.29 is 28.2 Å². The molecule has 2 atom stereocenters. The van der Waals surface area contributed by atoms with E-state index >= 15 is 4.39 Å². The lowest BCUT2D eigenvalue weighted by molar-refractivity contribution is -0.187. The molecule has 2 aromatic heterocycles. The van der Waals surface area contributed by atoms with E-state index in [-0.39, 0.29) is 43.7 Å². The number of nitrogens with one attached hydrogen (secondary N) is 1. The Kier molecular flexibility index (Phi) is 7.00. The number of aromatic nitrogens is 2. The van der Waals surface area contributed by atoms with Crippen LogP contribution in [-0.4, -0.2) is 27.7 Å². The third-order valence-electron chi connectivity index (χ3n) is 9.29. The number of alkyl carbamates (subject to hydrolysis) is 1. The molecule has 2 unspecified atom stereocenters. The van der Waals surface area contributed by atoms with Gasteiger partial charge in [-0.15, -0.1) is 0 Å². The van der Waals surface area contributed by atoms with Gasteiger partial charge in [-0.2, -0.15) is 0 Å². The van der Waals surface area contributed by atoms with Crippen LogP contribution < -0.4 is 10.9 Å². The van der Waals surface area contributed by atoms with Crippen LogP contribution >= 0.6 is 0 Å². The molecule has 4 heterocycles. The number of halogens is 1. The van der Waals surface area contributed by atoms with Gasteiger partial charge in [0.25, 0.3) is 5.56 Å². The summed E-state index contributed by atoms with van der Waals surface area (Å²) in [6, 6.07) is 12.2. The van der Waals surface area contributed by atoms with E-state index in [2.05, 4.69) is 5.32 Å². The topological polar surface area (TPSA) is 109 Å². The average molecular weight is 612 g/mol. The second kappa shape index (κ2) is 10.8. The molecule has 7 rings (SSSR count). The first kappa shape index (κ1) is 29.2. The Bertz CT molecular complexity index is 1950. The summed E-state index contributed by atoms with van der Waals surface area (Å²) in [6.07, 6.45) is 0.463. The molecule has 4 aromatic rings. The van der Waals surface area contributed by atoms with Crippen LogP contribution in [0, 0.1) is 12.7 Å². The van der Waals surface area contributed by atoms with E-state index < -0.39 is 23.7 Å². The van der Waals surface area contributed by atoms with E-state index in [1.807, 2.05) is 57.2 Å². The van der Waals surface area contributed by atoms with Crippen molar-refractivity contribution in [1.29, 1.82) is 0 Å². The van der Waals surface area contributed by atoms with Gasteiger partial charge in [0, 0.05) is 22.6 Å². The summed E-state index contributed by atoms with van der Waals surface area (Å²) >= 11 is 0. The summed E-state index contributed by atoms with van der Waals surface area (Å²) in [5.74, 6) is -0.890. The highest BCUT2D eigenvalue weighted by Crippen LogP contribution is 2.46. The van der Waals surface area contributed by atoms with Crippen LogP contribution in [0.5, 0.6) is 0 Å². The molecule has 0 spiro atoms. The number of hydrogen-bond acceptors (Lipinski definition) is 7. The molecular formula is C35H34FN3O6. The molecule has 1 N–H and O–H groups in total. The predicted octanol–water partition coefficient (Wildman–Crippen LogP) is 5.87. The highest BCUT2D eigenvalue weighted by atomic mass is 19.1. The number of ether oxygens (including phenoxy) is 3. The fourth-order valence-electron chi connectivity index (χ4n) is 7.19. The van der Waals surface area contributed by atoms with E-state index in [1.54, 1.807) is 11.5 Å². The van der Waals surface area contributed by atoms with Crippen molar-refractivity contribution in [3.05, 3.63) is 97.6 Å². The van der Waals surface area contributed by atoms with Gasteiger partial charge in [0.05, 0.1) is 41.2 Å². The molecule has 10 heteroatoms. The van der Waals surface area contributed by atoms with Crippen LogP contribution in [0.4, 0.5) is 9.18 Å². The van der Waals surface area contributed by atoms with Gasteiger partial charge in [0.2, 0.25) is 0 Å². The van der Waals surface area contributed by atoms with E-state index in [1.165, 1.54) is 6.07 Å². The zero-order valence-corrected chi connectivity index (χ0v) is 25.7. The van der Waals surface area contributed by atoms with Crippen molar-refractivity contribution >= 4 is 23.0 Å². The zero-order valence-electron chi connectivity index (χ0n) is 25.7. The highest BCUT2D eigenvalue weighted by molar-refractivity contribution is 5.93. The Hall–Kier alpha value is -4.57. The number of aryl methyl sites for hydroxylation is 1. The minimum Gasteiger partial charge on any atom is -0.458 e.